The summed E-state index contributed by atoms with van der Waals surface area (Å²) < 4.78 is 5.19. The van der Waals surface area contributed by atoms with Crippen molar-refractivity contribution in [1.82, 2.24) is 4.90 Å². The largest absolute Gasteiger partial charge is 0.497 e. The minimum atomic E-state index is -0.420. The van der Waals surface area contributed by atoms with Crippen molar-refractivity contribution in [2.75, 3.05) is 13.7 Å². The second-order valence-electron chi connectivity index (χ2n) is 6.60. The number of rotatable bonds is 4. The molecule has 1 saturated heterocycles. The van der Waals surface area contributed by atoms with Gasteiger partial charge in [0.2, 0.25) is 0 Å². The van der Waals surface area contributed by atoms with Crippen LogP contribution >= 0.6 is 0 Å². The Kier molecular flexibility index (Phi) is 4.51. The Balaban J connectivity index is 1.70. The molecule has 1 saturated carbocycles. The van der Waals surface area contributed by atoms with Gasteiger partial charge in [-0.15, -0.1) is 0 Å². The Hall–Kier alpha value is -1.06. The smallest absolute Gasteiger partial charge is 0.118 e. The zero-order chi connectivity index (χ0) is 14.8. The number of fused-ring (bicyclic) bond motifs is 1. The van der Waals surface area contributed by atoms with Crippen LogP contribution in [0.4, 0.5) is 0 Å². The lowest BCUT2D eigenvalue weighted by Gasteiger charge is -2.37. The third-order valence-corrected chi connectivity index (χ3v) is 5.49. The van der Waals surface area contributed by atoms with Crippen molar-refractivity contribution >= 4 is 0 Å². The van der Waals surface area contributed by atoms with E-state index in [1.165, 1.54) is 32.1 Å². The molecule has 1 aliphatic carbocycles. The number of methoxy groups -OCH3 is 1. The lowest BCUT2D eigenvalue weighted by molar-refractivity contribution is 0.0370. The topological polar surface area (TPSA) is 32.7 Å². The van der Waals surface area contributed by atoms with E-state index in [4.69, 9.17) is 4.74 Å². The van der Waals surface area contributed by atoms with Crippen LogP contribution in [0.1, 0.15) is 50.7 Å². The first kappa shape index (κ1) is 14.9. The first-order valence-corrected chi connectivity index (χ1v) is 8.28. The molecule has 3 heteroatoms. The summed E-state index contributed by atoms with van der Waals surface area (Å²) in [5.41, 5.74) is 0.988. The standard InChI is InChI=1S/C18H27NO2/c1-13(18(20)15-7-9-16(21-2)10-8-15)19-12-11-14-5-3-4-6-17(14)19/h7-10,13-14,17-18,20H,3-6,11-12H2,1-2H3. The molecule has 1 N–H and O–H groups in total. The van der Waals surface area contributed by atoms with E-state index in [1.807, 2.05) is 24.3 Å². The number of nitrogens with zero attached hydrogens (tertiary/aromatic N) is 1. The molecule has 0 aromatic heterocycles. The average Bonchev–Trinajstić information content (AvgIpc) is 2.97. The summed E-state index contributed by atoms with van der Waals surface area (Å²) in [5, 5.41) is 10.7. The van der Waals surface area contributed by atoms with Crippen LogP contribution in [-0.4, -0.2) is 35.7 Å². The van der Waals surface area contributed by atoms with Crippen LogP contribution in [0.25, 0.3) is 0 Å². The van der Waals surface area contributed by atoms with Crippen LogP contribution in [0.15, 0.2) is 24.3 Å². The minimum absolute atomic E-state index is 0.187. The lowest BCUT2D eigenvalue weighted by Crippen LogP contribution is -2.43. The number of hydrogen-bond acceptors (Lipinski definition) is 3. The number of aliphatic hydroxyl groups is 1. The summed E-state index contributed by atoms with van der Waals surface area (Å²) in [6.45, 7) is 3.32. The summed E-state index contributed by atoms with van der Waals surface area (Å²) in [4.78, 5) is 2.55. The molecule has 0 bridgehead atoms. The average molecular weight is 289 g/mol. The van der Waals surface area contributed by atoms with E-state index >= 15 is 0 Å². The van der Waals surface area contributed by atoms with Crippen molar-refractivity contribution in [3.8, 4) is 5.75 Å². The molecule has 3 rings (SSSR count). The van der Waals surface area contributed by atoms with Crippen molar-refractivity contribution in [2.24, 2.45) is 5.92 Å². The van der Waals surface area contributed by atoms with Crippen molar-refractivity contribution in [3.63, 3.8) is 0 Å². The summed E-state index contributed by atoms with van der Waals surface area (Å²) in [7, 11) is 1.67. The fourth-order valence-electron chi connectivity index (χ4n) is 4.21. The van der Waals surface area contributed by atoms with E-state index in [2.05, 4.69) is 11.8 Å². The van der Waals surface area contributed by atoms with Crippen LogP contribution in [-0.2, 0) is 0 Å². The van der Waals surface area contributed by atoms with Gasteiger partial charge in [0, 0.05) is 12.1 Å². The Morgan fingerprint density at radius 1 is 1.14 bits per heavy atom. The van der Waals surface area contributed by atoms with E-state index < -0.39 is 6.10 Å². The highest BCUT2D eigenvalue weighted by molar-refractivity contribution is 5.29. The van der Waals surface area contributed by atoms with Crippen molar-refractivity contribution in [2.45, 2.75) is 57.2 Å². The maximum absolute atomic E-state index is 10.7. The Bertz CT molecular complexity index is 459. The molecular weight excluding hydrogens is 262 g/mol. The van der Waals surface area contributed by atoms with E-state index in [9.17, 15) is 5.11 Å². The molecule has 21 heavy (non-hydrogen) atoms. The molecule has 0 amide bonds. The number of hydrogen-bond donors (Lipinski definition) is 1. The summed E-state index contributed by atoms with van der Waals surface area (Å²) >= 11 is 0. The molecule has 1 heterocycles. The zero-order valence-corrected chi connectivity index (χ0v) is 13.2. The molecule has 3 nitrogen and oxygen atoms in total. The monoisotopic (exact) mass is 289 g/mol. The van der Waals surface area contributed by atoms with Gasteiger partial charge in [0.25, 0.3) is 0 Å². The highest BCUT2D eigenvalue weighted by atomic mass is 16.5. The van der Waals surface area contributed by atoms with Crippen LogP contribution in [0.3, 0.4) is 0 Å². The van der Waals surface area contributed by atoms with Gasteiger partial charge < -0.3 is 9.84 Å². The molecular formula is C18H27NO2. The predicted molar refractivity (Wildman–Crippen MR) is 84.5 cm³/mol. The Labute approximate surface area is 127 Å². The number of likely N-dealkylation sites (tertiary alicyclic amines) is 1. The SMILES string of the molecule is COc1ccc(C(O)C(C)N2CCC3CCCCC32)cc1. The highest BCUT2D eigenvalue weighted by Crippen LogP contribution is 2.39. The number of ether oxygens (including phenoxy) is 1. The van der Waals surface area contributed by atoms with Crippen molar-refractivity contribution < 1.29 is 9.84 Å². The van der Waals surface area contributed by atoms with Gasteiger partial charge in [0.05, 0.1) is 13.2 Å². The van der Waals surface area contributed by atoms with Gasteiger partial charge in [-0.3, -0.25) is 4.90 Å². The first-order valence-electron chi connectivity index (χ1n) is 8.28. The second-order valence-corrected chi connectivity index (χ2v) is 6.60. The van der Waals surface area contributed by atoms with Gasteiger partial charge in [-0.25, -0.2) is 0 Å². The summed E-state index contributed by atoms with van der Waals surface area (Å²) in [6, 6.07) is 8.70. The molecule has 0 radical (unpaired) electrons. The maximum atomic E-state index is 10.7. The van der Waals surface area contributed by atoms with E-state index in [1.54, 1.807) is 7.11 Å². The molecule has 1 aliphatic heterocycles. The minimum Gasteiger partial charge on any atom is -0.497 e. The summed E-state index contributed by atoms with van der Waals surface area (Å²) in [5.74, 6) is 1.70. The Morgan fingerprint density at radius 2 is 1.86 bits per heavy atom. The second kappa shape index (κ2) is 6.37. The van der Waals surface area contributed by atoms with Crippen LogP contribution in [0, 0.1) is 5.92 Å². The molecule has 4 atom stereocenters. The van der Waals surface area contributed by atoms with E-state index in [-0.39, 0.29) is 6.04 Å². The third kappa shape index (κ3) is 2.95. The van der Waals surface area contributed by atoms with Gasteiger partial charge in [0.1, 0.15) is 5.75 Å². The Morgan fingerprint density at radius 3 is 2.57 bits per heavy atom. The molecule has 2 aliphatic rings. The summed E-state index contributed by atoms with van der Waals surface area (Å²) in [6.07, 6.45) is 6.32. The van der Waals surface area contributed by atoms with Gasteiger partial charge >= 0.3 is 0 Å². The van der Waals surface area contributed by atoms with E-state index in [0.29, 0.717) is 6.04 Å². The predicted octanol–water partition coefficient (Wildman–Crippen LogP) is 3.38. The van der Waals surface area contributed by atoms with E-state index in [0.717, 1.165) is 23.8 Å². The first-order chi connectivity index (χ1) is 10.2. The molecule has 4 unspecified atom stereocenters. The van der Waals surface area contributed by atoms with Crippen molar-refractivity contribution in [1.29, 1.82) is 0 Å². The molecule has 1 aromatic rings. The van der Waals surface area contributed by atoms with Gasteiger partial charge in [-0.1, -0.05) is 25.0 Å². The normalized spacial score (nSPS) is 28.9. The molecule has 0 spiro atoms. The zero-order valence-electron chi connectivity index (χ0n) is 13.2. The van der Waals surface area contributed by atoms with Crippen LogP contribution in [0.5, 0.6) is 5.75 Å². The fraction of sp³-hybridized carbons (Fsp3) is 0.667. The fourth-order valence-corrected chi connectivity index (χ4v) is 4.21. The van der Waals surface area contributed by atoms with Gasteiger partial charge in [-0.2, -0.15) is 0 Å². The van der Waals surface area contributed by atoms with Crippen molar-refractivity contribution in [3.05, 3.63) is 29.8 Å². The molecule has 116 valence electrons. The maximum Gasteiger partial charge on any atom is 0.118 e. The quantitative estimate of drug-likeness (QED) is 0.922. The van der Waals surface area contributed by atoms with Gasteiger partial charge in [-0.05, 0) is 56.3 Å². The number of aliphatic hydroxyl groups excluding tert-OH is 1. The molecule has 1 aromatic carbocycles. The highest BCUT2D eigenvalue weighted by Gasteiger charge is 2.39. The van der Waals surface area contributed by atoms with Gasteiger partial charge in [0.15, 0.2) is 0 Å². The third-order valence-electron chi connectivity index (χ3n) is 5.49. The molecule has 2 fully saturated rings. The van der Waals surface area contributed by atoms with Crippen LogP contribution in [0.2, 0.25) is 0 Å². The lowest BCUT2D eigenvalue weighted by atomic mass is 9.84. The van der Waals surface area contributed by atoms with Crippen LogP contribution < -0.4 is 4.74 Å². The number of benzene rings is 1.